The maximum atomic E-state index is 12.3. The minimum atomic E-state index is 0.0638. The lowest BCUT2D eigenvalue weighted by atomic mass is 10.1. The van der Waals surface area contributed by atoms with E-state index in [2.05, 4.69) is 29.2 Å². The predicted molar refractivity (Wildman–Crippen MR) is 95.2 cm³/mol. The Labute approximate surface area is 148 Å². The Morgan fingerprint density at radius 2 is 2.42 bits per heavy atom. The molecule has 2 fully saturated rings. The molecule has 3 rings (SSSR count). The number of nitrogens with zero attached hydrogens (tertiary/aromatic N) is 3. The molecule has 0 unspecified atom stereocenters. The van der Waals surface area contributed by atoms with Gasteiger partial charge in [0, 0.05) is 44.2 Å². The first kappa shape index (κ1) is 17.6. The van der Waals surface area contributed by atoms with Gasteiger partial charge in [0.25, 0.3) is 0 Å². The highest BCUT2D eigenvalue weighted by Crippen LogP contribution is 2.20. The lowest BCUT2D eigenvalue weighted by molar-refractivity contribution is 0.109. The number of likely N-dealkylation sites (tertiary alicyclic amines) is 1. The fourth-order valence-electron chi connectivity index (χ4n) is 3.51. The van der Waals surface area contributed by atoms with Gasteiger partial charge in [-0.05, 0) is 39.2 Å². The number of ether oxygens (including phenoxy) is 1. The highest BCUT2D eigenvalue weighted by atomic mass is 32.1. The smallest absolute Gasteiger partial charge is 0.317 e. The van der Waals surface area contributed by atoms with Crippen LogP contribution in [0.2, 0.25) is 0 Å². The standard InChI is InChI=1S/C17H28N4O2S/c1-13-16(24-12-19-13)11-20(2)9-14-5-6-21(10-14)17(22)18-8-15-4-3-7-23-15/h12,14-15H,3-11H2,1-2H3,(H,18,22)/t14-,15-/m0/s1. The van der Waals surface area contributed by atoms with Crippen molar-refractivity contribution in [2.45, 2.75) is 38.8 Å². The van der Waals surface area contributed by atoms with E-state index in [-0.39, 0.29) is 12.1 Å². The van der Waals surface area contributed by atoms with Crippen molar-refractivity contribution in [1.82, 2.24) is 20.1 Å². The van der Waals surface area contributed by atoms with Crippen molar-refractivity contribution in [3.8, 4) is 0 Å². The summed E-state index contributed by atoms with van der Waals surface area (Å²) in [5.74, 6) is 0.553. The molecule has 0 bridgehead atoms. The van der Waals surface area contributed by atoms with E-state index in [4.69, 9.17) is 4.74 Å². The fourth-order valence-corrected chi connectivity index (χ4v) is 4.37. The molecule has 24 heavy (non-hydrogen) atoms. The molecule has 3 heterocycles. The summed E-state index contributed by atoms with van der Waals surface area (Å²) in [6.07, 6.45) is 3.46. The molecule has 2 aliphatic rings. The van der Waals surface area contributed by atoms with Crippen molar-refractivity contribution in [3.05, 3.63) is 16.1 Å². The van der Waals surface area contributed by atoms with E-state index >= 15 is 0 Å². The average Bonchev–Trinajstić information content (AvgIpc) is 3.28. The molecule has 2 saturated heterocycles. The van der Waals surface area contributed by atoms with Crippen molar-refractivity contribution in [1.29, 1.82) is 0 Å². The molecule has 134 valence electrons. The van der Waals surface area contributed by atoms with E-state index in [0.29, 0.717) is 12.5 Å². The van der Waals surface area contributed by atoms with Crippen molar-refractivity contribution in [3.63, 3.8) is 0 Å². The third-order valence-electron chi connectivity index (χ3n) is 4.91. The summed E-state index contributed by atoms with van der Waals surface area (Å²) < 4.78 is 5.56. The Balaban J connectivity index is 1.38. The summed E-state index contributed by atoms with van der Waals surface area (Å²) in [5, 5.41) is 3.03. The molecule has 6 nitrogen and oxygen atoms in total. The van der Waals surface area contributed by atoms with Crippen molar-refractivity contribution in [2.24, 2.45) is 5.92 Å². The second-order valence-electron chi connectivity index (χ2n) is 6.98. The third-order valence-corrected chi connectivity index (χ3v) is 5.83. The summed E-state index contributed by atoms with van der Waals surface area (Å²) in [6.45, 7) is 7.21. The number of aromatic nitrogens is 1. The van der Waals surface area contributed by atoms with Crippen LogP contribution >= 0.6 is 11.3 Å². The van der Waals surface area contributed by atoms with Crippen LogP contribution in [-0.4, -0.2) is 66.8 Å². The lowest BCUT2D eigenvalue weighted by Gasteiger charge is -2.22. The number of carbonyl (C=O) groups is 1. The first-order valence-corrected chi connectivity index (χ1v) is 9.71. The van der Waals surface area contributed by atoms with Crippen molar-refractivity contribution in [2.75, 3.05) is 39.8 Å². The highest BCUT2D eigenvalue weighted by molar-refractivity contribution is 7.09. The van der Waals surface area contributed by atoms with Crippen molar-refractivity contribution < 1.29 is 9.53 Å². The Morgan fingerprint density at radius 1 is 1.54 bits per heavy atom. The maximum Gasteiger partial charge on any atom is 0.317 e. The molecule has 0 aliphatic carbocycles. The van der Waals surface area contributed by atoms with Crippen LogP contribution in [0.3, 0.4) is 0 Å². The number of thiazole rings is 1. The van der Waals surface area contributed by atoms with Gasteiger partial charge in [0.2, 0.25) is 0 Å². The molecule has 1 aromatic heterocycles. The van der Waals surface area contributed by atoms with Crippen LogP contribution in [0, 0.1) is 12.8 Å². The fraction of sp³-hybridized carbons (Fsp3) is 0.765. The number of nitrogens with one attached hydrogen (secondary N) is 1. The topological polar surface area (TPSA) is 57.7 Å². The molecule has 0 spiro atoms. The first-order chi connectivity index (χ1) is 11.6. The van der Waals surface area contributed by atoms with Gasteiger partial charge < -0.3 is 19.9 Å². The summed E-state index contributed by atoms with van der Waals surface area (Å²) in [7, 11) is 2.15. The van der Waals surface area contributed by atoms with Gasteiger partial charge in [-0.25, -0.2) is 9.78 Å². The SMILES string of the molecule is Cc1ncsc1CN(C)C[C@@H]1CCN(C(=O)NC[C@@H]2CCCO2)C1. The van der Waals surface area contributed by atoms with Crippen LogP contribution < -0.4 is 5.32 Å². The monoisotopic (exact) mass is 352 g/mol. The second kappa shape index (κ2) is 8.27. The Kier molecular flexibility index (Phi) is 6.08. The summed E-state index contributed by atoms with van der Waals surface area (Å²) in [6, 6.07) is 0.0638. The zero-order valence-electron chi connectivity index (χ0n) is 14.7. The Morgan fingerprint density at radius 3 is 3.12 bits per heavy atom. The zero-order valence-corrected chi connectivity index (χ0v) is 15.5. The second-order valence-corrected chi connectivity index (χ2v) is 7.92. The number of amides is 2. The van der Waals surface area contributed by atoms with E-state index in [9.17, 15) is 4.79 Å². The zero-order chi connectivity index (χ0) is 16.9. The van der Waals surface area contributed by atoms with Crippen LogP contribution in [-0.2, 0) is 11.3 Å². The van der Waals surface area contributed by atoms with E-state index in [0.717, 1.165) is 57.7 Å². The summed E-state index contributed by atoms with van der Waals surface area (Å²) in [5.41, 5.74) is 3.04. The van der Waals surface area contributed by atoms with Crippen LogP contribution in [0.1, 0.15) is 29.8 Å². The van der Waals surface area contributed by atoms with Gasteiger partial charge in [-0.3, -0.25) is 0 Å². The molecular weight excluding hydrogens is 324 g/mol. The number of urea groups is 1. The number of carbonyl (C=O) groups excluding carboxylic acids is 1. The van der Waals surface area contributed by atoms with Crippen LogP contribution in [0.4, 0.5) is 4.79 Å². The minimum Gasteiger partial charge on any atom is -0.376 e. The average molecular weight is 353 g/mol. The Hall–Kier alpha value is -1.18. The normalized spacial score (nSPS) is 24.0. The van der Waals surface area contributed by atoms with Crippen molar-refractivity contribution >= 4 is 17.4 Å². The molecule has 2 atom stereocenters. The quantitative estimate of drug-likeness (QED) is 0.852. The van der Waals surface area contributed by atoms with Gasteiger partial charge in [-0.15, -0.1) is 11.3 Å². The molecule has 7 heteroatoms. The number of hydrogen-bond acceptors (Lipinski definition) is 5. The van der Waals surface area contributed by atoms with E-state index in [1.807, 2.05) is 10.4 Å². The third kappa shape index (κ3) is 4.68. The molecule has 2 amide bonds. The molecule has 2 aliphatic heterocycles. The van der Waals surface area contributed by atoms with E-state index in [1.165, 1.54) is 4.88 Å². The van der Waals surface area contributed by atoms with Crippen LogP contribution in [0.25, 0.3) is 0 Å². The maximum absolute atomic E-state index is 12.3. The molecular formula is C17H28N4O2S. The lowest BCUT2D eigenvalue weighted by Crippen LogP contribution is -2.42. The number of hydrogen-bond donors (Lipinski definition) is 1. The molecule has 0 radical (unpaired) electrons. The van der Waals surface area contributed by atoms with E-state index < -0.39 is 0 Å². The summed E-state index contributed by atoms with van der Waals surface area (Å²) >= 11 is 1.72. The van der Waals surface area contributed by atoms with Gasteiger partial charge >= 0.3 is 6.03 Å². The van der Waals surface area contributed by atoms with Crippen LogP contribution in [0.5, 0.6) is 0 Å². The number of rotatable bonds is 6. The number of aryl methyl sites for hydroxylation is 1. The van der Waals surface area contributed by atoms with Gasteiger partial charge in [-0.1, -0.05) is 0 Å². The van der Waals surface area contributed by atoms with Gasteiger partial charge in [0.05, 0.1) is 17.3 Å². The summed E-state index contributed by atoms with van der Waals surface area (Å²) in [4.78, 5) is 22.2. The first-order valence-electron chi connectivity index (χ1n) is 8.83. The highest BCUT2D eigenvalue weighted by Gasteiger charge is 2.27. The molecule has 0 aromatic carbocycles. The van der Waals surface area contributed by atoms with Crippen LogP contribution in [0.15, 0.2) is 5.51 Å². The minimum absolute atomic E-state index is 0.0638. The molecule has 1 N–H and O–H groups in total. The van der Waals surface area contributed by atoms with Gasteiger partial charge in [0.1, 0.15) is 0 Å². The Bertz CT molecular complexity index is 544. The largest absolute Gasteiger partial charge is 0.376 e. The van der Waals surface area contributed by atoms with Gasteiger partial charge in [0.15, 0.2) is 0 Å². The van der Waals surface area contributed by atoms with Gasteiger partial charge in [-0.2, -0.15) is 0 Å². The molecule has 0 saturated carbocycles. The molecule has 1 aromatic rings. The predicted octanol–water partition coefficient (Wildman–Crippen LogP) is 2.09. The van der Waals surface area contributed by atoms with E-state index in [1.54, 1.807) is 11.3 Å².